The molecule has 0 aliphatic heterocycles. The zero-order valence-corrected chi connectivity index (χ0v) is 11.0. The minimum Gasteiger partial charge on any atom is -0.330 e. The number of benzene rings is 1. The number of rotatable bonds is 3. The predicted octanol–water partition coefficient (Wildman–Crippen LogP) is 3.42. The number of nitrogens with zero attached hydrogens (tertiary/aromatic N) is 1. The van der Waals surface area contributed by atoms with E-state index in [0.717, 1.165) is 16.8 Å². The molecule has 0 fully saturated rings. The van der Waals surface area contributed by atoms with Crippen molar-refractivity contribution in [3.8, 4) is 0 Å². The van der Waals surface area contributed by atoms with Gasteiger partial charge in [-0.05, 0) is 41.5 Å². The first-order chi connectivity index (χ1) is 8.03. The Morgan fingerprint density at radius 1 is 1.24 bits per heavy atom. The van der Waals surface area contributed by atoms with Gasteiger partial charge in [0.05, 0.1) is 0 Å². The van der Waals surface area contributed by atoms with E-state index in [1.54, 1.807) is 6.20 Å². The van der Waals surface area contributed by atoms with Crippen LogP contribution in [-0.4, -0.2) is 11.5 Å². The average Bonchev–Trinajstić information content (AvgIpc) is 2.33. The summed E-state index contributed by atoms with van der Waals surface area (Å²) in [6, 6.07) is 6.04. The molecular weight excluding hydrogens is 232 g/mol. The lowest BCUT2D eigenvalue weighted by Crippen LogP contribution is -2.26. The Bertz CT molecular complexity index is 535. The van der Waals surface area contributed by atoms with E-state index < -0.39 is 0 Å². The third-order valence-corrected chi connectivity index (χ3v) is 3.41. The summed E-state index contributed by atoms with van der Waals surface area (Å²) in [6.45, 7) is 5.02. The third-order valence-electron chi connectivity index (χ3n) is 3.08. The topological polar surface area (TPSA) is 38.9 Å². The molecule has 0 saturated carbocycles. The van der Waals surface area contributed by atoms with E-state index in [2.05, 4.69) is 24.9 Å². The van der Waals surface area contributed by atoms with Gasteiger partial charge in [-0.25, -0.2) is 0 Å². The highest BCUT2D eigenvalue weighted by molar-refractivity contribution is 6.35. The fourth-order valence-corrected chi connectivity index (χ4v) is 2.17. The molecule has 0 unspecified atom stereocenters. The van der Waals surface area contributed by atoms with Gasteiger partial charge in [0, 0.05) is 22.8 Å². The monoisotopic (exact) mass is 248 g/mol. The van der Waals surface area contributed by atoms with E-state index in [0.29, 0.717) is 6.54 Å². The highest BCUT2D eigenvalue weighted by Gasteiger charge is 2.18. The molecule has 0 aliphatic rings. The molecule has 0 bridgehead atoms. The van der Waals surface area contributed by atoms with Crippen molar-refractivity contribution in [3.63, 3.8) is 0 Å². The van der Waals surface area contributed by atoms with Gasteiger partial charge < -0.3 is 5.73 Å². The van der Waals surface area contributed by atoms with Gasteiger partial charge in [0.15, 0.2) is 0 Å². The smallest absolute Gasteiger partial charge is 0.0500 e. The van der Waals surface area contributed by atoms with E-state index in [9.17, 15) is 0 Å². The average molecular weight is 249 g/mol. The highest BCUT2D eigenvalue weighted by atomic mass is 35.5. The summed E-state index contributed by atoms with van der Waals surface area (Å²) >= 11 is 6.17. The van der Waals surface area contributed by atoms with Crippen molar-refractivity contribution in [3.05, 3.63) is 41.2 Å². The molecule has 1 heterocycles. The molecule has 3 heteroatoms. The molecule has 0 radical (unpaired) electrons. The van der Waals surface area contributed by atoms with Gasteiger partial charge in [0.1, 0.15) is 0 Å². The minimum atomic E-state index is 0.101. The van der Waals surface area contributed by atoms with E-state index in [1.807, 2.05) is 18.3 Å². The van der Waals surface area contributed by atoms with Crippen molar-refractivity contribution in [2.24, 2.45) is 11.1 Å². The normalized spacial score (nSPS) is 12.0. The summed E-state index contributed by atoms with van der Waals surface area (Å²) in [5.74, 6) is 0. The summed E-state index contributed by atoms with van der Waals surface area (Å²) in [7, 11) is 0. The standard InChI is InChI=1S/C14H17ClN2/c1-14(2,9-16)7-10-3-4-13(15)12-8-17-6-5-11(10)12/h3-6,8H,7,9,16H2,1-2H3. The first-order valence-corrected chi connectivity index (χ1v) is 6.12. The molecule has 0 spiro atoms. The van der Waals surface area contributed by atoms with Crippen LogP contribution in [0.15, 0.2) is 30.6 Å². The second kappa shape index (κ2) is 4.63. The fraction of sp³-hybridized carbons (Fsp3) is 0.357. The second-order valence-electron chi connectivity index (χ2n) is 5.17. The van der Waals surface area contributed by atoms with Gasteiger partial charge in [0.2, 0.25) is 0 Å². The van der Waals surface area contributed by atoms with Crippen molar-refractivity contribution in [2.75, 3.05) is 6.54 Å². The van der Waals surface area contributed by atoms with Crippen LogP contribution in [0.25, 0.3) is 10.8 Å². The van der Waals surface area contributed by atoms with Crippen molar-refractivity contribution in [1.82, 2.24) is 4.98 Å². The molecule has 0 atom stereocenters. The quantitative estimate of drug-likeness (QED) is 0.904. The SMILES string of the molecule is CC(C)(CN)Cc1ccc(Cl)c2cnccc12. The fourth-order valence-electron chi connectivity index (χ4n) is 1.96. The largest absolute Gasteiger partial charge is 0.330 e. The Labute approximate surface area is 107 Å². The van der Waals surface area contributed by atoms with Gasteiger partial charge in [-0.3, -0.25) is 4.98 Å². The van der Waals surface area contributed by atoms with Crippen LogP contribution >= 0.6 is 11.6 Å². The van der Waals surface area contributed by atoms with Crippen LogP contribution in [-0.2, 0) is 6.42 Å². The number of halogens is 1. The zero-order valence-electron chi connectivity index (χ0n) is 10.2. The summed E-state index contributed by atoms with van der Waals surface area (Å²) in [6.07, 6.45) is 4.56. The number of hydrogen-bond acceptors (Lipinski definition) is 2. The van der Waals surface area contributed by atoms with E-state index in [4.69, 9.17) is 17.3 Å². The van der Waals surface area contributed by atoms with E-state index >= 15 is 0 Å². The van der Waals surface area contributed by atoms with Crippen LogP contribution in [0.2, 0.25) is 5.02 Å². The number of pyridine rings is 1. The second-order valence-corrected chi connectivity index (χ2v) is 5.58. The third kappa shape index (κ3) is 2.59. The zero-order chi connectivity index (χ0) is 12.5. The lowest BCUT2D eigenvalue weighted by atomic mass is 9.84. The van der Waals surface area contributed by atoms with E-state index in [-0.39, 0.29) is 5.41 Å². The van der Waals surface area contributed by atoms with Crippen molar-refractivity contribution in [1.29, 1.82) is 0 Å². The molecular formula is C14H17ClN2. The lowest BCUT2D eigenvalue weighted by Gasteiger charge is -2.23. The molecule has 2 nitrogen and oxygen atoms in total. The number of hydrogen-bond donors (Lipinski definition) is 1. The predicted molar refractivity (Wildman–Crippen MR) is 73.3 cm³/mol. The first-order valence-electron chi connectivity index (χ1n) is 5.75. The molecule has 0 amide bonds. The minimum absolute atomic E-state index is 0.101. The lowest BCUT2D eigenvalue weighted by molar-refractivity contribution is 0.378. The molecule has 17 heavy (non-hydrogen) atoms. The number of nitrogens with two attached hydrogens (primary N) is 1. The van der Waals surface area contributed by atoms with Crippen LogP contribution in [0.1, 0.15) is 19.4 Å². The molecule has 2 N–H and O–H groups in total. The Balaban J connectivity index is 2.52. The summed E-state index contributed by atoms with van der Waals surface area (Å²) < 4.78 is 0. The molecule has 0 saturated heterocycles. The van der Waals surface area contributed by atoms with Crippen LogP contribution in [0, 0.1) is 5.41 Å². The van der Waals surface area contributed by atoms with E-state index in [1.165, 1.54) is 10.9 Å². The maximum Gasteiger partial charge on any atom is 0.0500 e. The Kier molecular flexibility index (Phi) is 3.36. The van der Waals surface area contributed by atoms with Gasteiger partial charge in [-0.2, -0.15) is 0 Å². The van der Waals surface area contributed by atoms with Crippen LogP contribution in [0.4, 0.5) is 0 Å². The van der Waals surface area contributed by atoms with Crippen LogP contribution in [0.3, 0.4) is 0 Å². The van der Waals surface area contributed by atoms with Crippen molar-refractivity contribution >= 4 is 22.4 Å². The summed E-state index contributed by atoms with van der Waals surface area (Å²) in [5.41, 5.74) is 7.17. The Morgan fingerprint density at radius 2 is 2.00 bits per heavy atom. The molecule has 2 aromatic rings. The maximum absolute atomic E-state index is 6.17. The number of aromatic nitrogens is 1. The van der Waals surface area contributed by atoms with Crippen molar-refractivity contribution in [2.45, 2.75) is 20.3 Å². The van der Waals surface area contributed by atoms with Crippen LogP contribution < -0.4 is 5.73 Å². The summed E-state index contributed by atoms with van der Waals surface area (Å²) in [5, 5.41) is 2.94. The Hall–Kier alpha value is -1.12. The molecule has 1 aromatic carbocycles. The van der Waals surface area contributed by atoms with Gasteiger partial charge in [0.25, 0.3) is 0 Å². The maximum atomic E-state index is 6.17. The van der Waals surface area contributed by atoms with Crippen molar-refractivity contribution < 1.29 is 0 Å². The summed E-state index contributed by atoms with van der Waals surface area (Å²) in [4.78, 5) is 4.12. The van der Waals surface area contributed by atoms with Gasteiger partial charge >= 0.3 is 0 Å². The first kappa shape index (κ1) is 12.3. The molecule has 90 valence electrons. The molecule has 1 aromatic heterocycles. The molecule has 2 rings (SSSR count). The Morgan fingerprint density at radius 3 is 2.71 bits per heavy atom. The highest BCUT2D eigenvalue weighted by Crippen LogP contribution is 2.29. The molecule has 0 aliphatic carbocycles. The number of fused-ring (bicyclic) bond motifs is 1. The van der Waals surface area contributed by atoms with Crippen LogP contribution in [0.5, 0.6) is 0 Å². The van der Waals surface area contributed by atoms with Gasteiger partial charge in [-0.1, -0.05) is 31.5 Å². The van der Waals surface area contributed by atoms with Gasteiger partial charge in [-0.15, -0.1) is 0 Å².